The first kappa shape index (κ1) is 16.4. The zero-order valence-corrected chi connectivity index (χ0v) is 14.6. The quantitative estimate of drug-likeness (QED) is 0.572. The molecule has 0 radical (unpaired) electrons. The fourth-order valence-electron chi connectivity index (χ4n) is 3.11. The number of rotatable bonds is 5. The van der Waals surface area contributed by atoms with Gasteiger partial charge in [0.25, 0.3) is 0 Å². The Labute approximate surface area is 149 Å². The van der Waals surface area contributed by atoms with Crippen LogP contribution in [0.3, 0.4) is 0 Å². The molecule has 3 aromatic heterocycles. The lowest BCUT2D eigenvalue weighted by atomic mass is 9.99. The van der Waals surface area contributed by atoms with Crippen molar-refractivity contribution in [3.63, 3.8) is 0 Å². The summed E-state index contributed by atoms with van der Waals surface area (Å²) in [6.07, 6.45) is 3.89. The Morgan fingerprint density at radius 1 is 1.15 bits per heavy atom. The van der Waals surface area contributed by atoms with Gasteiger partial charge in [0.2, 0.25) is 0 Å². The van der Waals surface area contributed by atoms with E-state index in [0.717, 1.165) is 28.6 Å². The molecule has 0 bridgehead atoms. The van der Waals surface area contributed by atoms with E-state index < -0.39 is 0 Å². The van der Waals surface area contributed by atoms with Crippen LogP contribution in [0.15, 0.2) is 36.9 Å². The molecule has 7 heteroatoms. The number of H-pyrrole nitrogens is 1. The minimum Gasteiger partial charge on any atom is -0.368 e. The highest BCUT2D eigenvalue weighted by Gasteiger charge is 2.12. The zero-order valence-electron chi connectivity index (χ0n) is 14.6. The highest BCUT2D eigenvalue weighted by atomic mass is 19.1. The van der Waals surface area contributed by atoms with Crippen LogP contribution in [-0.2, 0) is 6.42 Å². The van der Waals surface area contributed by atoms with Gasteiger partial charge in [0, 0.05) is 23.7 Å². The second kappa shape index (κ2) is 6.67. The number of anilines is 1. The van der Waals surface area contributed by atoms with E-state index in [1.807, 2.05) is 0 Å². The number of hydrogen-bond donors (Lipinski definition) is 2. The van der Waals surface area contributed by atoms with E-state index in [1.165, 1.54) is 18.5 Å². The maximum atomic E-state index is 13.5. The van der Waals surface area contributed by atoms with Gasteiger partial charge in [-0.1, -0.05) is 13.8 Å². The Kier molecular flexibility index (Phi) is 4.20. The number of fused-ring (bicyclic) bond motifs is 2. The summed E-state index contributed by atoms with van der Waals surface area (Å²) < 4.78 is 13.5. The molecule has 0 aliphatic heterocycles. The Morgan fingerprint density at radius 3 is 2.88 bits per heavy atom. The molecule has 0 saturated heterocycles. The Morgan fingerprint density at radius 2 is 2.04 bits per heavy atom. The van der Waals surface area contributed by atoms with Crippen LogP contribution in [0, 0.1) is 5.82 Å². The smallest absolute Gasteiger partial charge is 0.162 e. The van der Waals surface area contributed by atoms with Crippen molar-refractivity contribution in [2.24, 2.45) is 0 Å². The first-order valence-corrected chi connectivity index (χ1v) is 8.59. The maximum Gasteiger partial charge on any atom is 0.162 e. The summed E-state index contributed by atoms with van der Waals surface area (Å²) in [6.45, 7) is 4.89. The highest BCUT2D eigenvalue weighted by Crippen LogP contribution is 2.24. The molecule has 0 atom stereocenters. The van der Waals surface area contributed by atoms with Gasteiger partial charge in [-0.05, 0) is 36.1 Å². The minimum absolute atomic E-state index is 0.259. The predicted molar refractivity (Wildman–Crippen MR) is 99.7 cm³/mol. The van der Waals surface area contributed by atoms with Gasteiger partial charge in [0.1, 0.15) is 17.7 Å². The molecule has 6 nitrogen and oxygen atoms in total. The molecule has 132 valence electrons. The predicted octanol–water partition coefficient (Wildman–Crippen LogP) is 3.82. The van der Waals surface area contributed by atoms with E-state index in [2.05, 4.69) is 45.2 Å². The van der Waals surface area contributed by atoms with Crippen molar-refractivity contribution in [2.75, 3.05) is 11.9 Å². The molecule has 0 amide bonds. The topological polar surface area (TPSA) is 79.4 Å². The number of halogens is 1. The molecule has 26 heavy (non-hydrogen) atoms. The molecule has 2 N–H and O–H groups in total. The molecule has 1 aromatic carbocycles. The third-order valence-corrected chi connectivity index (χ3v) is 4.34. The molecular weight excluding hydrogens is 331 g/mol. The van der Waals surface area contributed by atoms with Crippen molar-refractivity contribution in [3.05, 3.63) is 54.0 Å². The van der Waals surface area contributed by atoms with Crippen molar-refractivity contribution in [1.82, 2.24) is 24.9 Å². The van der Waals surface area contributed by atoms with E-state index in [1.54, 1.807) is 12.4 Å². The summed E-state index contributed by atoms with van der Waals surface area (Å²) in [5.74, 6) is 0.703. The van der Waals surface area contributed by atoms with Crippen molar-refractivity contribution in [2.45, 2.75) is 26.2 Å². The lowest BCUT2D eigenvalue weighted by Gasteiger charge is -2.14. The second-order valence-electron chi connectivity index (χ2n) is 6.52. The largest absolute Gasteiger partial charge is 0.368 e. The van der Waals surface area contributed by atoms with Crippen LogP contribution in [-0.4, -0.2) is 31.5 Å². The average molecular weight is 350 g/mol. The van der Waals surface area contributed by atoms with Crippen LogP contribution in [0.4, 0.5) is 10.2 Å². The van der Waals surface area contributed by atoms with Gasteiger partial charge in [-0.3, -0.25) is 4.98 Å². The van der Waals surface area contributed by atoms with Crippen LogP contribution < -0.4 is 5.32 Å². The number of hydrogen-bond acceptors (Lipinski definition) is 5. The fraction of sp³-hybridized carbons (Fsp3) is 0.263. The van der Waals surface area contributed by atoms with E-state index in [0.29, 0.717) is 23.5 Å². The first-order chi connectivity index (χ1) is 12.6. The SMILES string of the molecule is CC(C)c1nc2cc(F)ccc2cc1CCNc1ncnc2[nH]cnc12. The van der Waals surface area contributed by atoms with Gasteiger partial charge in [-0.15, -0.1) is 0 Å². The Hall–Kier alpha value is -3.09. The number of benzene rings is 1. The standard InChI is InChI=1S/C19H19FN6/c1-11(2)16-13(7-12-3-4-14(20)8-15(12)26-16)5-6-21-18-17-19(23-9-22-17)25-10-24-18/h3-4,7-11H,5-6H2,1-2H3,(H2,21,22,23,24,25). The first-order valence-electron chi connectivity index (χ1n) is 8.59. The van der Waals surface area contributed by atoms with E-state index in [-0.39, 0.29) is 11.7 Å². The molecule has 0 aliphatic carbocycles. The minimum atomic E-state index is -0.263. The third-order valence-electron chi connectivity index (χ3n) is 4.34. The Bertz CT molecular complexity index is 1070. The van der Waals surface area contributed by atoms with Gasteiger partial charge in [-0.25, -0.2) is 19.3 Å². The van der Waals surface area contributed by atoms with Crippen LogP contribution in [0.1, 0.15) is 31.0 Å². The molecule has 0 unspecified atom stereocenters. The molecule has 0 fully saturated rings. The summed E-state index contributed by atoms with van der Waals surface area (Å²) >= 11 is 0. The van der Waals surface area contributed by atoms with Gasteiger partial charge in [0.15, 0.2) is 11.5 Å². The van der Waals surface area contributed by atoms with Crippen molar-refractivity contribution in [1.29, 1.82) is 0 Å². The zero-order chi connectivity index (χ0) is 18.1. The van der Waals surface area contributed by atoms with Gasteiger partial charge < -0.3 is 10.3 Å². The van der Waals surface area contributed by atoms with Crippen molar-refractivity contribution in [3.8, 4) is 0 Å². The van der Waals surface area contributed by atoms with Crippen molar-refractivity contribution < 1.29 is 4.39 Å². The molecule has 0 aliphatic rings. The lowest BCUT2D eigenvalue weighted by molar-refractivity contribution is 0.629. The molecule has 0 spiro atoms. The van der Waals surface area contributed by atoms with E-state index in [9.17, 15) is 4.39 Å². The number of nitrogens with one attached hydrogen (secondary N) is 2. The molecule has 4 rings (SSSR count). The van der Waals surface area contributed by atoms with Gasteiger partial charge >= 0.3 is 0 Å². The summed E-state index contributed by atoms with van der Waals surface area (Å²) in [5, 5.41) is 4.27. The average Bonchev–Trinajstić information content (AvgIpc) is 3.10. The third kappa shape index (κ3) is 3.08. The summed E-state index contributed by atoms with van der Waals surface area (Å²) in [5.41, 5.74) is 4.28. The molecular formula is C19H19FN6. The van der Waals surface area contributed by atoms with Crippen LogP contribution in [0.2, 0.25) is 0 Å². The molecule has 4 aromatic rings. The molecule has 3 heterocycles. The van der Waals surface area contributed by atoms with Crippen molar-refractivity contribution >= 4 is 27.9 Å². The van der Waals surface area contributed by atoms with E-state index in [4.69, 9.17) is 4.98 Å². The van der Waals surface area contributed by atoms with Gasteiger partial charge in [0.05, 0.1) is 11.8 Å². The number of pyridine rings is 1. The molecule has 0 saturated carbocycles. The normalized spacial score (nSPS) is 11.5. The fourth-order valence-corrected chi connectivity index (χ4v) is 3.11. The number of nitrogens with zero attached hydrogens (tertiary/aromatic N) is 4. The van der Waals surface area contributed by atoms with Crippen LogP contribution >= 0.6 is 0 Å². The van der Waals surface area contributed by atoms with Crippen LogP contribution in [0.25, 0.3) is 22.1 Å². The summed E-state index contributed by atoms with van der Waals surface area (Å²) in [6, 6.07) is 6.83. The maximum absolute atomic E-state index is 13.5. The summed E-state index contributed by atoms with van der Waals surface area (Å²) in [4.78, 5) is 20.3. The van der Waals surface area contributed by atoms with Crippen LogP contribution in [0.5, 0.6) is 0 Å². The monoisotopic (exact) mass is 350 g/mol. The van der Waals surface area contributed by atoms with E-state index >= 15 is 0 Å². The summed E-state index contributed by atoms with van der Waals surface area (Å²) in [7, 11) is 0. The second-order valence-corrected chi connectivity index (χ2v) is 6.52. The lowest BCUT2D eigenvalue weighted by Crippen LogP contribution is -2.10. The van der Waals surface area contributed by atoms with Gasteiger partial charge in [-0.2, -0.15) is 0 Å². The number of imidazole rings is 1. The number of aromatic nitrogens is 5. The Balaban J connectivity index is 1.59. The highest BCUT2D eigenvalue weighted by molar-refractivity contribution is 5.82. The number of aromatic amines is 1.